The Hall–Kier alpha value is -3.40. The Morgan fingerprint density at radius 3 is 2.32 bits per heavy atom. The van der Waals surface area contributed by atoms with Crippen LogP contribution in [0, 0.1) is 0 Å². The zero-order valence-electron chi connectivity index (χ0n) is 13.3. The minimum absolute atomic E-state index is 0.307. The zero-order valence-corrected chi connectivity index (χ0v) is 13.3. The average molecular weight is 329 g/mol. The van der Waals surface area contributed by atoms with E-state index in [0.29, 0.717) is 5.56 Å². The topological polar surface area (TPSA) is 47.9 Å². The van der Waals surface area contributed by atoms with Gasteiger partial charge in [0.1, 0.15) is 11.5 Å². The molecule has 1 heterocycles. The Bertz CT molecular complexity index is 917. The second-order valence-electron chi connectivity index (χ2n) is 5.60. The van der Waals surface area contributed by atoms with Gasteiger partial charge in [0.2, 0.25) is 0 Å². The van der Waals surface area contributed by atoms with Crippen LogP contribution in [0.25, 0.3) is 0 Å². The molecule has 3 aromatic carbocycles. The fourth-order valence-electron chi connectivity index (χ4n) is 2.66. The predicted molar refractivity (Wildman–Crippen MR) is 95.7 cm³/mol. The first-order chi connectivity index (χ1) is 12.3. The lowest BCUT2D eigenvalue weighted by molar-refractivity contribution is 0.0500. The van der Waals surface area contributed by atoms with Crippen LogP contribution in [-0.4, -0.2) is 12.2 Å². The monoisotopic (exact) mass is 329 g/mol. The summed E-state index contributed by atoms with van der Waals surface area (Å²) in [7, 11) is 0. The van der Waals surface area contributed by atoms with Crippen molar-refractivity contribution in [1.29, 1.82) is 0 Å². The van der Waals surface area contributed by atoms with Crippen molar-refractivity contribution in [2.45, 2.75) is 6.10 Å². The van der Waals surface area contributed by atoms with Gasteiger partial charge in [-0.15, -0.1) is 0 Å². The molecule has 0 fully saturated rings. The third-order valence-corrected chi connectivity index (χ3v) is 3.90. The van der Waals surface area contributed by atoms with Crippen molar-refractivity contribution in [3.8, 4) is 11.5 Å². The number of benzene rings is 3. The minimum Gasteiger partial charge on any atom is -0.457 e. The third-order valence-electron chi connectivity index (χ3n) is 3.90. The van der Waals surface area contributed by atoms with Crippen molar-refractivity contribution in [3.05, 3.63) is 90.0 Å². The largest absolute Gasteiger partial charge is 0.457 e. The summed E-state index contributed by atoms with van der Waals surface area (Å²) in [5.74, 6) is 1.22. The Morgan fingerprint density at radius 2 is 1.52 bits per heavy atom. The molecule has 4 heteroatoms. The predicted octanol–water partition coefficient (Wildman–Crippen LogP) is 5.09. The number of esters is 1. The summed E-state index contributed by atoms with van der Waals surface area (Å²) in [4.78, 5) is 16.2. The lowest BCUT2D eigenvalue weighted by Gasteiger charge is -2.06. The maximum absolute atomic E-state index is 11.8. The molecule has 0 radical (unpaired) electrons. The molecule has 0 spiro atoms. The molecule has 1 aliphatic rings. The molecule has 0 saturated heterocycles. The molecule has 1 aliphatic heterocycles. The van der Waals surface area contributed by atoms with Crippen LogP contribution < -0.4 is 4.74 Å². The zero-order chi connectivity index (χ0) is 17.1. The number of para-hydroxylation sites is 1. The second-order valence-corrected chi connectivity index (χ2v) is 5.60. The van der Waals surface area contributed by atoms with Gasteiger partial charge in [-0.25, -0.2) is 4.79 Å². The van der Waals surface area contributed by atoms with Gasteiger partial charge < -0.3 is 9.47 Å². The van der Waals surface area contributed by atoms with E-state index < -0.39 is 6.10 Å². The highest BCUT2D eigenvalue weighted by Crippen LogP contribution is 2.30. The molecule has 25 heavy (non-hydrogen) atoms. The molecule has 0 saturated carbocycles. The number of carbonyl (C=O) groups is 1. The molecule has 3 aromatic rings. The first-order valence-electron chi connectivity index (χ1n) is 7.97. The molecule has 0 aromatic heterocycles. The molecule has 122 valence electrons. The van der Waals surface area contributed by atoms with Crippen LogP contribution in [0.4, 0.5) is 5.69 Å². The Balaban J connectivity index is 1.47. The number of hydrogen-bond acceptors (Lipinski definition) is 4. The van der Waals surface area contributed by atoms with Crippen LogP contribution in [0.2, 0.25) is 0 Å². The average Bonchev–Trinajstić information content (AvgIpc) is 2.98. The van der Waals surface area contributed by atoms with E-state index in [1.807, 2.05) is 72.8 Å². The van der Waals surface area contributed by atoms with Crippen LogP contribution in [0.1, 0.15) is 22.0 Å². The molecule has 1 unspecified atom stereocenters. The van der Waals surface area contributed by atoms with Crippen LogP contribution in [-0.2, 0) is 4.74 Å². The highest BCUT2D eigenvalue weighted by Gasteiger charge is 2.28. The summed E-state index contributed by atoms with van der Waals surface area (Å²) in [6.07, 6.45) is 1.21. The van der Waals surface area contributed by atoms with E-state index in [9.17, 15) is 4.79 Å². The van der Waals surface area contributed by atoms with E-state index >= 15 is 0 Å². The van der Waals surface area contributed by atoms with Crippen LogP contribution >= 0.6 is 0 Å². The van der Waals surface area contributed by atoms with Gasteiger partial charge in [0, 0.05) is 5.56 Å². The van der Waals surface area contributed by atoms with Crippen molar-refractivity contribution in [2.75, 3.05) is 0 Å². The molecular weight excluding hydrogens is 314 g/mol. The highest BCUT2D eigenvalue weighted by atomic mass is 16.5. The third kappa shape index (κ3) is 3.28. The van der Waals surface area contributed by atoms with E-state index in [4.69, 9.17) is 9.47 Å². The van der Waals surface area contributed by atoms with E-state index in [0.717, 1.165) is 22.7 Å². The molecule has 0 N–H and O–H groups in total. The maximum atomic E-state index is 11.8. The summed E-state index contributed by atoms with van der Waals surface area (Å²) in [5.41, 5.74) is 2.21. The quantitative estimate of drug-likeness (QED) is 0.494. The summed E-state index contributed by atoms with van der Waals surface area (Å²) >= 11 is 0. The first-order valence-corrected chi connectivity index (χ1v) is 7.97. The number of carbonyl (C=O) groups excluding carboxylic acids is 1. The lowest BCUT2D eigenvalue weighted by atomic mass is 10.1. The van der Waals surface area contributed by atoms with Crippen molar-refractivity contribution < 1.29 is 14.3 Å². The number of rotatable bonds is 4. The van der Waals surface area contributed by atoms with Gasteiger partial charge in [-0.2, -0.15) is 0 Å². The van der Waals surface area contributed by atoms with Crippen LogP contribution in [0.5, 0.6) is 11.5 Å². The summed E-state index contributed by atoms with van der Waals surface area (Å²) in [6.45, 7) is 0. The van der Waals surface area contributed by atoms with Gasteiger partial charge in [-0.1, -0.05) is 36.4 Å². The molecule has 4 rings (SSSR count). The summed E-state index contributed by atoms with van der Waals surface area (Å²) in [6, 6.07) is 24.4. The Morgan fingerprint density at radius 1 is 0.840 bits per heavy atom. The van der Waals surface area contributed by atoms with Crippen molar-refractivity contribution in [3.63, 3.8) is 0 Å². The van der Waals surface area contributed by atoms with E-state index in [2.05, 4.69) is 4.99 Å². The maximum Gasteiger partial charge on any atom is 0.339 e. The Kier molecular flexibility index (Phi) is 4.01. The molecule has 1 atom stereocenters. The molecule has 0 amide bonds. The number of hydrogen-bond donors (Lipinski definition) is 0. The number of ether oxygens (including phenoxy) is 2. The summed E-state index contributed by atoms with van der Waals surface area (Å²) in [5, 5.41) is 0. The van der Waals surface area contributed by atoms with E-state index in [1.54, 1.807) is 12.3 Å². The standard InChI is InChI=1S/C21H15NO3/c23-21-19-9-5-4-8-18(19)20(25-21)14-22-15-10-12-17(13-11-15)24-16-6-2-1-3-7-16/h1-14,20H. The van der Waals surface area contributed by atoms with Crippen LogP contribution in [0.15, 0.2) is 83.9 Å². The molecule has 0 bridgehead atoms. The van der Waals surface area contributed by atoms with Crippen LogP contribution in [0.3, 0.4) is 0 Å². The minimum atomic E-state index is -0.441. The number of fused-ring (bicyclic) bond motifs is 1. The van der Waals surface area contributed by atoms with Crippen molar-refractivity contribution in [2.24, 2.45) is 4.99 Å². The fraction of sp³-hybridized carbons (Fsp3) is 0.0476. The SMILES string of the molecule is O=C1OC(C=Nc2ccc(Oc3ccccc3)cc2)c2ccccc21. The highest BCUT2D eigenvalue weighted by molar-refractivity contribution is 5.97. The smallest absolute Gasteiger partial charge is 0.339 e. The number of nitrogens with zero attached hydrogens (tertiary/aromatic N) is 1. The van der Waals surface area contributed by atoms with E-state index in [1.165, 1.54) is 0 Å². The Labute approximate surface area is 145 Å². The molecule has 4 nitrogen and oxygen atoms in total. The van der Waals surface area contributed by atoms with Gasteiger partial charge in [0.05, 0.1) is 17.5 Å². The fourth-order valence-corrected chi connectivity index (χ4v) is 2.66. The number of cyclic esters (lactones) is 1. The molecular formula is C21H15NO3. The summed E-state index contributed by atoms with van der Waals surface area (Å²) < 4.78 is 11.1. The normalized spacial score (nSPS) is 15.8. The van der Waals surface area contributed by atoms with E-state index in [-0.39, 0.29) is 5.97 Å². The first kappa shape index (κ1) is 15.1. The molecule has 0 aliphatic carbocycles. The van der Waals surface area contributed by atoms with Gasteiger partial charge in [-0.3, -0.25) is 4.99 Å². The lowest BCUT2D eigenvalue weighted by Crippen LogP contribution is -1.99. The van der Waals surface area contributed by atoms with Gasteiger partial charge in [0.25, 0.3) is 0 Å². The van der Waals surface area contributed by atoms with Gasteiger partial charge in [0.15, 0.2) is 6.10 Å². The second kappa shape index (κ2) is 6.61. The number of aliphatic imine (C=N–C) groups is 1. The van der Waals surface area contributed by atoms with Gasteiger partial charge >= 0.3 is 5.97 Å². The van der Waals surface area contributed by atoms with Gasteiger partial charge in [-0.05, 0) is 42.5 Å². The van der Waals surface area contributed by atoms with Crippen molar-refractivity contribution >= 4 is 17.9 Å². The van der Waals surface area contributed by atoms with Crippen molar-refractivity contribution in [1.82, 2.24) is 0 Å².